The molecule has 0 spiro atoms. The summed E-state index contributed by atoms with van der Waals surface area (Å²) in [6, 6.07) is 166. The smallest absolute Gasteiger partial charge is 0.163 e. The third kappa shape index (κ3) is 15.8. The highest BCUT2D eigenvalue weighted by Gasteiger charge is 2.26. The summed E-state index contributed by atoms with van der Waals surface area (Å²) in [4.78, 5) is 54.5. The van der Waals surface area contributed by atoms with Crippen LogP contribution in [0.15, 0.2) is 510 Å². The van der Waals surface area contributed by atoms with Crippen molar-refractivity contribution in [2.45, 2.75) is 0 Å². The van der Waals surface area contributed by atoms with E-state index in [2.05, 4.69) is 447 Å². The van der Waals surface area contributed by atoms with Gasteiger partial charge in [0.1, 0.15) is 17.5 Å². The van der Waals surface area contributed by atoms with E-state index in [1.165, 1.54) is 109 Å². The van der Waals surface area contributed by atoms with E-state index in [-0.39, 0.29) is 0 Å². The summed E-state index contributed by atoms with van der Waals surface area (Å²) in [5.74, 6) is 4.48. The number of hydrogen-bond acceptors (Lipinski definition) is 11. The molecule has 0 aliphatic rings. The molecule has 30 rings (SSSR count). The van der Waals surface area contributed by atoms with Crippen LogP contribution in [0.5, 0.6) is 0 Å². The summed E-state index contributed by atoms with van der Waals surface area (Å²) in [7, 11) is 0. The molecule has 0 bridgehead atoms. The number of hydrogen-bond donors (Lipinski definition) is 0. The van der Waals surface area contributed by atoms with Crippen molar-refractivity contribution in [3.05, 3.63) is 510 Å². The van der Waals surface area contributed by atoms with Crippen molar-refractivity contribution in [1.82, 2.24) is 68.5 Å². The minimum Gasteiger partial charge on any atom is -0.293 e. The molecule has 14 nitrogen and oxygen atoms in total. The van der Waals surface area contributed by atoms with Gasteiger partial charge >= 0.3 is 0 Å². The van der Waals surface area contributed by atoms with Gasteiger partial charge in [0.2, 0.25) is 0 Å². The molecule has 0 atom stereocenters. The number of para-hydroxylation sites is 4. The van der Waals surface area contributed by atoms with Crippen molar-refractivity contribution in [3.63, 3.8) is 0 Å². The second kappa shape index (κ2) is 36.6. The second-order valence-electron chi connectivity index (χ2n) is 37.7. The van der Waals surface area contributed by atoms with Gasteiger partial charge in [-0.3, -0.25) is 38.6 Å². The molecule has 0 aliphatic heterocycles. The average molecular weight is 1900 g/mol. The maximum Gasteiger partial charge on any atom is 0.163 e. The van der Waals surface area contributed by atoms with E-state index in [0.29, 0.717) is 17.5 Å². The van der Waals surface area contributed by atoms with Gasteiger partial charge in [-0.15, -0.1) is 0 Å². The van der Waals surface area contributed by atoms with Crippen LogP contribution in [0.3, 0.4) is 0 Å². The lowest BCUT2D eigenvalue weighted by Crippen LogP contribution is -2.03. The van der Waals surface area contributed by atoms with Crippen LogP contribution in [0.25, 0.3) is 282 Å². The van der Waals surface area contributed by atoms with Crippen LogP contribution in [0.2, 0.25) is 0 Å². The van der Waals surface area contributed by atoms with Gasteiger partial charge in [-0.2, -0.15) is 0 Å². The predicted molar refractivity (Wildman–Crippen MR) is 612 cm³/mol. The summed E-state index contributed by atoms with van der Waals surface area (Å²) in [5, 5.41) is 19.5. The largest absolute Gasteiger partial charge is 0.293 e. The summed E-state index contributed by atoms with van der Waals surface area (Å²) in [6.07, 6.45) is 11.1. The molecular formula is C135H84N14. The van der Waals surface area contributed by atoms with Gasteiger partial charge in [-0.25, -0.2) is 29.9 Å². The first-order valence-electron chi connectivity index (χ1n) is 49.9. The summed E-state index contributed by atoms with van der Waals surface area (Å²) >= 11 is 0. The van der Waals surface area contributed by atoms with Crippen molar-refractivity contribution in [3.8, 4) is 130 Å². The molecule has 0 saturated carbocycles. The minimum absolute atomic E-state index is 0.619. The Morgan fingerprint density at radius 3 is 1.03 bits per heavy atom. The fourth-order valence-electron chi connectivity index (χ4n) is 21.5. The van der Waals surface area contributed by atoms with E-state index in [9.17, 15) is 0 Å². The van der Waals surface area contributed by atoms with Gasteiger partial charge < -0.3 is 0 Å². The molecule has 694 valence electrons. The van der Waals surface area contributed by atoms with E-state index in [1.54, 1.807) is 6.20 Å². The van der Waals surface area contributed by atoms with Crippen molar-refractivity contribution < 1.29 is 0 Å². The molecule has 0 saturated heterocycles. The zero-order valence-corrected chi connectivity index (χ0v) is 80.3. The Labute approximate surface area is 855 Å². The Bertz CT molecular complexity index is 10500. The Hall–Kier alpha value is -20.4. The number of benzene rings is 19. The van der Waals surface area contributed by atoms with Crippen LogP contribution in [0.4, 0.5) is 0 Å². The first-order valence-corrected chi connectivity index (χ1v) is 49.9. The lowest BCUT2D eigenvalue weighted by Gasteiger charge is -2.13. The van der Waals surface area contributed by atoms with E-state index in [0.717, 1.165) is 155 Å². The number of fused-ring (bicyclic) bond motifs is 17. The number of nitrogens with zero attached hydrogens (tertiary/aromatic N) is 14. The first kappa shape index (κ1) is 86.5. The number of aromatic nitrogens is 14. The molecule has 0 amide bonds. The van der Waals surface area contributed by atoms with Crippen molar-refractivity contribution in [1.29, 1.82) is 0 Å². The molecule has 19 aromatic carbocycles. The van der Waals surface area contributed by atoms with Crippen LogP contribution in [0.1, 0.15) is 0 Å². The highest BCUT2D eigenvalue weighted by molar-refractivity contribution is 6.19. The first-order chi connectivity index (χ1) is 73.8. The highest BCUT2D eigenvalue weighted by Crippen LogP contribution is 2.46. The molecule has 149 heavy (non-hydrogen) atoms. The fourth-order valence-corrected chi connectivity index (χ4v) is 21.5. The molecule has 30 aromatic rings. The second-order valence-corrected chi connectivity index (χ2v) is 37.7. The van der Waals surface area contributed by atoms with Crippen LogP contribution in [-0.4, -0.2) is 68.5 Å². The zero-order valence-electron chi connectivity index (χ0n) is 80.3. The fraction of sp³-hybridized carbons (Fsp3) is 0. The summed E-state index contributed by atoms with van der Waals surface area (Å²) in [6.45, 7) is 0. The average Bonchev–Trinajstić information content (AvgIpc) is 1.58. The van der Waals surface area contributed by atoms with Gasteiger partial charge in [-0.05, 0) is 246 Å². The standard InChI is InChI=1S/C50H31N5.C44H27N5.C41H26N4/c1-2-11-32(12-3-1)34-16-8-17-35(27-34)38-23-25-46-42(29-38)43-28-36-13-4-5-14-37(36)30-47(43)55(46)50-41-19-6-7-21-45(41)53-49(54-50)39-22-24-44(52-31-39)40-20-9-15-33-18-10-26-51-48(33)40;1-2-9-28(10-3-1)32-19-21-41-36(24-32)37-23-30-11-4-5-12-31(30)26-42(37)49(41)44-35-14-6-7-15-39(35)47-43(48-44)34-18-20-38(46-27-34)33-17-16-29-13-8-22-45-40(29)25-33;1-2-9-27(10-3-1)32-20-21-34-36-23-30-11-4-5-12-31(30)24-39(36)45(38(34)25-32)41-35-14-6-7-15-37(35)43-40(44-41)29-18-16-28(17-19-29)33-13-8-22-42-26-33/h1-31H;1-27H;1-26H. The van der Waals surface area contributed by atoms with Gasteiger partial charge in [-0.1, -0.05) is 315 Å². The molecule has 14 heteroatoms. The lowest BCUT2D eigenvalue weighted by atomic mass is 9.97. The van der Waals surface area contributed by atoms with E-state index in [4.69, 9.17) is 39.9 Å². The van der Waals surface area contributed by atoms with E-state index >= 15 is 0 Å². The van der Waals surface area contributed by atoms with Gasteiger partial charge in [0.25, 0.3) is 0 Å². The SMILES string of the molecule is c1ccc(-c2ccc3c(c2)c2cc4ccccc4cc2n3-c2nc(-c3ccc(-c4ccc5cccnc5c4)nc3)nc3ccccc23)cc1.c1ccc(-c2ccc3c4cc5ccccc5cc4n(-c4nc(-c5ccc(-c6cccnc6)cc5)nc5ccccc45)c3c2)cc1.c1ccc(-c2cccc(-c3ccc4c(c3)c3cc5ccccc5cc3n4-c3nc(-c4ccc(-c5cccc6cccnc56)nc4)nc4ccccc34)c2)cc1. The van der Waals surface area contributed by atoms with E-state index < -0.39 is 0 Å². The van der Waals surface area contributed by atoms with Crippen molar-refractivity contribution in [2.75, 3.05) is 0 Å². The van der Waals surface area contributed by atoms with Crippen molar-refractivity contribution in [2.24, 2.45) is 0 Å². The topological polar surface area (TPSA) is 157 Å². The third-order valence-electron chi connectivity index (χ3n) is 28.8. The quantitative estimate of drug-likeness (QED) is 0.108. The Morgan fingerprint density at radius 2 is 0.510 bits per heavy atom. The molecule has 11 heterocycles. The van der Waals surface area contributed by atoms with Crippen LogP contribution in [0, 0.1) is 0 Å². The van der Waals surface area contributed by atoms with Crippen molar-refractivity contribution >= 4 is 152 Å². The molecule has 11 aromatic heterocycles. The highest BCUT2D eigenvalue weighted by atomic mass is 15.1. The number of pyridine rings is 5. The maximum absolute atomic E-state index is 5.37. The minimum atomic E-state index is 0.619. The van der Waals surface area contributed by atoms with Gasteiger partial charge in [0.05, 0.1) is 72.1 Å². The monoisotopic (exact) mass is 1900 g/mol. The Kier molecular flexibility index (Phi) is 21.2. The molecule has 0 radical (unpaired) electrons. The van der Waals surface area contributed by atoms with Crippen LogP contribution >= 0.6 is 0 Å². The zero-order chi connectivity index (χ0) is 98.4. The Morgan fingerprint density at radius 1 is 0.154 bits per heavy atom. The predicted octanol–water partition coefficient (Wildman–Crippen LogP) is 33.6. The van der Waals surface area contributed by atoms with Crippen LogP contribution in [-0.2, 0) is 0 Å². The Balaban J connectivity index is 0.000000108. The van der Waals surface area contributed by atoms with Crippen LogP contribution < -0.4 is 0 Å². The van der Waals surface area contributed by atoms with Gasteiger partial charge in [0.15, 0.2) is 17.5 Å². The normalized spacial score (nSPS) is 11.6. The summed E-state index contributed by atoms with van der Waals surface area (Å²) in [5.41, 5.74) is 29.2. The molecule has 0 unspecified atom stereocenters. The molecule has 0 N–H and O–H groups in total. The number of rotatable bonds is 13. The molecule has 0 fully saturated rings. The van der Waals surface area contributed by atoms with Gasteiger partial charge in [0, 0.05) is 124 Å². The maximum atomic E-state index is 5.37. The summed E-state index contributed by atoms with van der Waals surface area (Å²) < 4.78 is 6.96. The molecule has 0 aliphatic carbocycles. The van der Waals surface area contributed by atoms with E-state index in [1.807, 2.05) is 85.6 Å². The molecular weight excluding hydrogens is 1820 g/mol. The third-order valence-corrected chi connectivity index (χ3v) is 28.8. The lowest BCUT2D eigenvalue weighted by molar-refractivity contribution is 1.07.